The number of aliphatic hydroxyl groups is 1. The molecular weight excluding hydrogens is 293 g/mol. The number of halogens is 3. The molecular formula is C13H18Cl3NO. The van der Waals surface area contributed by atoms with E-state index in [1.165, 1.54) is 12.8 Å². The summed E-state index contributed by atoms with van der Waals surface area (Å²) in [7, 11) is 0. The zero-order valence-corrected chi connectivity index (χ0v) is 12.3. The van der Waals surface area contributed by atoms with Gasteiger partial charge in [-0.3, -0.25) is 0 Å². The second-order valence-corrected chi connectivity index (χ2v) is 5.64. The molecule has 102 valence electrons. The van der Waals surface area contributed by atoms with Crippen LogP contribution in [0.4, 0.5) is 0 Å². The van der Waals surface area contributed by atoms with Crippen LogP contribution in [0.15, 0.2) is 18.2 Å². The quantitative estimate of drug-likeness (QED) is 0.887. The van der Waals surface area contributed by atoms with Crippen LogP contribution in [0.2, 0.25) is 10.0 Å². The highest BCUT2D eigenvalue weighted by Crippen LogP contribution is 2.33. The second-order valence-electron chi connectivity index (χ2n) is 4.76. The van der Waals surface area contributed by atoms with Gasteiger partial charge < -0.3 is 10.8 Å². The summed E-state index contributed by atoms with van der Waals surface area (Å²) in [6.45, 7) is 0. The van der Waals surface area contributed by atoms with Crippen LogP contribution in [0.1, 0.15) is 37.3 Å². The minimum Gasteiger partial charge on any atom is -0.391 e. The first kappa shape index (κ1) is 16.1. The standard InChI is InChI=1S/C13H17Cl2NO.ClH/c14-10-5-9(6-11(15)7-10)12(16)13(17)8-3-1-2-4-8;/h5-8,12-13,17H,1-4,16H2;1H/t12-,13+;/m0./s1. The van der Waals surface area contributed by atoms with Gasteiger partial charge in [0, 0.05) is 10.0 Å². The summed E-state index contributed by atoms with van der Waals surface area (Å²) in [5.74, 6) is 0.308. The highest BCUT2D eigenvalue weighted by molar-refractivity contribution is 6.34. The molecule has 0 unspecified atom stereocenters. The Labute approximate surface area is 124 Å². The number of rotatable bonds is 3. The maximum absolute atomic E-state index is 10.2. The van der Waals surface area contributed by atoms with Crippen molar-refractivity contribution < 1.29 is 5.11 Å². The third-order valence-electron chi connectivity index (χ3n) is 3.52. The summed E-state index contributed by atoms with van der Waals surface area (Å²) >= 11 is 11.9. The summed E-state index contributed by atoms with van der Waals surface area (Å²) in [6, 6.07) is 4.81. The number of aliphatic hydroxyl groups excluding tert-OH is 1. The van der Waals surface area contributed by atoms with Crippen molar-refractivity contribution in [3.05, 3.63) is 33.8 Å². The summed E-state index contributed by atoms with van der Waals surface area (Å²) in [4.78, 5) is 0. The van der Waals surface area contributed by atoms with E-state index in [9.17, 15) is 5.11 Å². The first-order valence-corrected chi connectivity index (χ1v) is 6.73. The number of hydrogen-bond acceptors (Lipinski definition) is 2. The van der Waals surface area contributed by atoms with E-state index in [0.29, 0.717) is 16.0 Å². The monoisotopic (exact) mass is 309 g/mol. The number of hydrogen-bond donors (Lipinski definition) is 2. The molecule has 2 atom stereocenters. The van der Waals surface area contributed by atoms with E-state index in [1.54, 1.807) is 18.2 Å². The van der Waals surface area contributed by atoms with Gasteiger partial charge in [-0.1, -0.05) is 36.0 Å². The van der Waals surface area contributed by atoms with Crippen LogP contribution in [-0.4, -0.2) is 11.2 Å². The average Bonchev–Trinajstić information content (AvgIpc) is 2.79. The van der Waals surface area contributed by atoms with Gasteiger partial charge in [0.05, 0.1) is 12.1 Å². The zero-order valence-electron chi connectivity index (χ0n) is 9.98. The SMILES string of the molecule is Cl.N[C@@H](c1cc(Cl)cc(Cl)c1)[C@H](O)C1CCCC1. The minimum atomic E-state index is -0.507. The van der Waals surface area contributed by atoms with E-state index < -0.39 is 12.1 Å². The molecule has 0 amide bonds. The van der Waals surface area contributed by atoms with Gasteiger partial charge in [-0.15, -0.1) is 12.4 Å². The Balaban J connectivity index is 0.00000162. The minimum absolute atomic E-state index is 0. The molecule has 1 aromatic rings. The van der Waals surface area contributed by atoms with Crippen molar-refractivity contribution in [1.82, 2.24) is 0 Å². The van der Waals surface area contributed by atoms with Crippen LogP contribution in [0.3, 0.4) is 0 Å². The molecule has 0 spiro atoms. The maximum atomic E-state index is 10.2. The molecule has 1 fully saturated rings. The van der Waals surface area contributed by atoms with E-state index in [0.717, 1.165) is 18.4 Å². The van der Waals surface area contributed by atoms with Crippen molar-refractivity contribution >= 4 is 35.6 Å². The van der Waals surface area contributed by atoms with E-state index in [2.05, 4.69) is 0 Å². The molecule has 0 aliphatic heterocycles. The normalized spacial score (nSPS) is 19.3. The van der Waals surface area contributed by atoms with Crippen molar-refractivity contribution in [2.24, 2.45) is 11.7 Å². The van der Waals surface area contributed by atoms with Gasteiger partial charge in [0.15, 0.2) is 0 Å². The molecule has 3 N–H and O–H groups in total. The molecule has 18 heavy (non-hydrogen) atoms. The molecule has 1 aromatic carbocycles. The lowest BCUT2D eigenvalue weighted by Crippen LogP contribution is -2.31. The lowest BCUT2D eigenvalue weighted by molar-refractivity contribution is 0.0845. The molecule has 0 saturated heterocycles. The summed E-state index contributed by atoms with van der Waals surface area (Å²) in [6.07, 6.45) is 3.98. The summed E-state index contributed by atoms with van der Waals surface area (Å²) in [5, 5.41) is 11.4. The lowest BCUT2D eigenvalue weighted by Gasteiger charge is -2.24. The molecule has 0 radical (unpaired) electrons. The van der Waals surface area contributed by atoms with E-state index in [4.69, 9.17) is 28.9 Å². The second kappa shape index (κ2) is 6.97. The van der Waals surface area contributed by atoms with Crippen LogP contribution < -0.4 is 5.73 Å². The predicted octanol–water partition coefficient (Wildman–Crippen LogP) is 3.97. The van der Waals surface area contributed by atoms with Gasteiger partial charge in [0.1, 0.15) is 0 Å². The topological polar surface area (TPSA) is 46.2 Å². The molecule has 2 rings (SSSR count). The highest BCUT2D eigenvalue weighted by Gasteiger charge is 2.28. The van der Waals surface area contributed by atoms with Crippen molar-refractivity contribution in [3.63, 3.8) is 0 Å². The largest absolute Gasteiger partial charge is 0.391 e. The van der Waals surface area contributed by atoms with Gasteiger partial charge >= 0.3 is 0 Å². The fraction of sp³-hybridized carbons (Fsp3) is 0.538. The van der Waals surface area contributed by atoms with Crippen molar-refractivity contribution in [3.8, 4) is 0 Å². The van der Waals surface area contributed by atoms with Crippen LogP contribution >= 0.6 is 35.6 Å². The Morgan fingerprint density at radius 1 is 1.11 bits per heavy atom. The van der Waals surface area contributed by atoms with Crippen LogP contribution in [0.25, 0.3) is 0 Å². The van der Waals surface area contributed by atoms with Crippen LogP contribution in [-0.2, 0) is 0 Å². The van der Waals surface area contributed by atoms with Gasteiger partial charge in [0.25, 0.3) is 0 Å². The number of benzene rings is 1. The average molecular weight is 311 g/mol. The van der Waals surface area contributed by atoms with Crippen LogP contribution in [0.5, 0.6) is 0 Å². The van der Waals surface area contributed by atoms with E-state index >= 15 is 0 Å². The lowest BCUT2D eigenvalue weighted by atomic mass is 9.91. The third-order valence-corrected chi connectivity index (χ3v) is 3.96. The molecule has 0 aromatic heterocycles. The van der Waals surface area contributed by atoms with Crippen LogP contribution in [0, 0.1) is 5.92 Å². The first-order chi connectivity index (χ1) is 8.08. The van der Waals surface area contributed by atoms with Crippen molar-refractivity contribution in [1.29, 1.82) is 0 Å². The zero-order chi connectivity index (χ0) is 12.4. The van der Waals surface area contributed by atoms with Gasteiger partial charge in [-0.2, -0.15) is 0 Å². The van der Waals surface area contributed by atoms with E-state index in [1.807, 2.05) is 0 Å². The van der Waals surface area contributed by atoms with Crippen molar-refractivity contribution in [2.45, 2.75) is 37.8 Å². The molecule has 0 heterocycles. The molecule has 0 bridgehead atoms. The Kier molecular flexibility index (Phi) is 6.22. The predicted molar refractivity (Wildman–Crippen MR) is 78.6 cm³/mol. The summed E-state index contributed by atoms with van der Waals surface area (Å²) in [5.41, 5.74) is 6.90. The Bertz CT molecular complexity index is 374. The molecule has 1 aliphatic carbocycles. The molecule has 5 heteroatoms. The van der Waals surface area contributed by atoms with Crippen molar-refractivity contribution in [2.75, 3.05) is 0 Å². The molecule has 1 saturated carbocycles. The Hall–Kier alpha value is 0.01000. The van der Waals surface area contributed by atoms with Gasteiger partial charge in [-0.25, -0.2) is 0 Å². The Morgan fingerprint density at radius 3 is 2.11 bits per heavy atom. The smallest absolute Gasteiger partial charge is 0.0760 e. The summed E-state index contributed by atoms with van der Waals surface area (Å²) < 4.78 is 0. The fourth-order valence-corrected chi connectivity index (χ4v) is 3.10. The molecule has 2 nitrogen and oxygen atoms in total. The Morgan fingerprint density at radius 2 is 1.61 bits per heavy atom. The fourth-order valence-electron chi connectivity index (χ4n) is 2.56. The maximum Gasteiger partial charge on any atom is 0.0760 e. The first-order valence-electron chi connectivity index (χ1n) is 5.97. The molecule has 1 aliphatic rings. The van der Waals surface area contributed by atoms with Gasteiger partial charge in [-0.05, 0) is 42.5 Å². The number of nitrogens with two attached hydrogens (primary N) is 1. The van der Waals surface area contributed by atoms with Gasteiger partial charge in [0.2, 0.25) is 0 Å². The third kappa shape index (κ3) is 3.75. The van der Waals surface area contributed by atoms with E-state index in [-0.39, 0.29) is 12.4 Å². The highest BCUT2D eigenvalue weighted by atomic mass is 35.5.